The highest BCUT2D eigenvalue weighted by atomic mass is 16.3. The van der Waals surface area contributed by atoms with Crippen molar-refractivity contribution in [1.82, 2.24) is 4.90 Å². The van der Waals surface area contributed by atoms with Gasteiger partial charge in [0.15, 0.2) is 5.96 Å². The molecule has 1 unspecified atom stereocenters. The molecule has 4 heteroatoms. The summed E-state index contributed by atoms with van der Waals surface area (Å²) in [7, 11) is 1.94. The number of aliphatic hydroxyl groups is 1. The normalized spacial score (nSPS) is 31.9. The minimum Gasteiger partial charge on any atom is -0.394 e. The lowest BCUT2D eigenvalue weighted by atomic mass is 9.80. The Balaban J connectivity index is 2.00. The van der Waals surface area contributed by atoms with E-state index < -0.39 is 0 Å². The summed E-state index contributed by atoms with van der Waals surface area (Å²) in [4.78, 5) is 6.43. The van der Waals surface area contributed by atoms with Gasteiger partial charge < -0.3 is 15.7 Å². The van der Waals surface area contributed by atoms with Crippen molar-refractivity contribution in [2.45, 2.75) is 44.1 Å². The summed E-state index contributed by atoms with van der Waals surface area (Å²) in [5, 5.41) is 9.59. The van der Waals surface area contributed by atoms with Crippen LogP contribution in [0.25, 0.3) is 0 Å². The first-order chi connectivity index (χ1) is 7.65. The zero-order valence-corrected chi connectivity index (χ0v) is 10.2. The maximum Gasteiger partial charge on any atom is 0.191 e. The molecule has 0 aromatic rings. The first kappa shape index (κ1) is 11.7. The van der Waals surface area contributed by atoms with Crippen molar-refractivity contribution in [3.05, 3.63) is 0 Å². The first-order valence-electron chi connectivity index (χ1n) is 6.32. The third-order valence-electron chi connectivity index (χ3n) is 3.96. The third kappa shape index (κ3) is 2.32. The minimum absolute atomic E-state index is 0.120. The molecule has 1 aliphatic carbocycles. The molecule has 4 nitrogen and oxygen atoms in total. The van der Waals surface area contributed by atoms with Gasteiger partial charge in [-0.05, 0) is 12.3 Å². The van der Waals surface area contributed by atoms with Crippen LogP contribution >= 0.6 is 0 Å². The van der Waals surface area contributed by atoms with E-state index in [1.54, 1.807) is 0 Å². The number of hydrogen-bond donors (Lipinski definition) is 2. The Labute approximate surface area is 97.5 Å². The molecule has 0 aromatic heterocycles. The highest BCUT2D eigenvalue weighted by Crippen LogP contribution is 2.34. The second-order valence-corrected chi connectivity index (χ2v) is 5.42. The lowest BCUT2D eigenvalue weighted by Gasteiger charge is -2.31. The van der Waals surface area contributed by atoms with Crippen molar-refractivity contribution in [1.29, 1.82) is 0 Å². The van der Waals surface area contributed by atoms with Gasteiger partial charge in [-0.15, -0.1) is 0 Å². The molecule has 0 amide bonds. The van der Waals surface area contributed by atoms with Crippen molar-refractivity contribution in [2.75, 3.05) is 20.2 Å². The van der Waals surface area contributed by atoms with Gasteiger partial charge in [0.2, 0.25) is 0 Å². The molecule has 16 heavy (non-hydrogen) atoms. The van der Waals surface area contributed by atoms with E-state index in [1.165, 1.54) is 32.1 Å². The maximum atomic E-state index is 9.59. The van der Waals surface area contributed by atoms with Crippen LogP contribution in [0.15, 0.2) is 4.99 Å². The fourth-order valence-electron chi connectivity index (χ4n) is 3.07. The van der Waals surface area contributed by atoms with Crippen LogP contribution in [0.4, 0.5) is 0 Å². The fraction of sp³-hybridized carbons (Fsp3) is 0.917. The molecule has 92 valence electrons. The van der Waals surface area contributed by atoms with Gasteiger partial charge in [-0.1, -0.05) is 32.1 Å². The van der Waals surface area contributed by atoms with Crippen LogP contribution < -0.4 is 5.73 Å². The Morgan fingerprint density at radius 3 is 2.62 bits per heavy atom. The van der Waals surface area contributed by atoms with Gasteiger partial charge >= 0.3 is 0 Å². The van der Waals surface area contributed by atoms with E-state index in [0.717, 1.165) is 18.9 Å². The Hall–Kier alpha value is -0.770. The first-order valence-corrected chi connectivity index (χ1v) is 6.32. The fourth-order valence-corrected chi connectivity index (χ4v) is 3.07. The molecule has 2 aliphatic rings. The van der Waals surface area contributed by atoms with Crippen LogP contribution in [-0.4, -0.2) is 41.7 Å². The van der Waals surface area contributed by atoms with Gasteiger partial charge in [-0.2, -0.15) is 0 Å². The van der Waals surface area contributed by atoms with Crippen molar-refractivity contribution in [3.8, 4) is 0 Å². The van der Waals surface area contributed by atoms with Crippen LogP contribution in [0.2, 0.25) is 0 Å². The van der Waals surface area contributed by atoms with Gasteiger partial charge in [0, 0.05) is 13.6 Å². The summed E-state index contributed by atoms with van der Waals surface area (Å²) >= 11 is 0. The molecular formula is C12H23N3O. The standard InChI is InChI=1S/C12H23N3O/c1-15-8-12(9-16,14-11(15)13)7-10-5-3-2-4-6-10/h10,16H,2-9H2,1H3,(H2,13,14). The van der Waals surface area contributed by atoms with Crippen molar-refractivity contribution < 1.29 is 5.11 Å². The Bertz CT molecular complexity index is 273. The quantitative estimate of drug-likeness (QED) is 0.751. The molecule has 1 aliphatic heterocycles. The van der Waals surface area contributed by atoms with E-state index >= 15 is 0 Å². The number of aliphatic imine (C=N–C) groups is 1. The highest BCUT2D eigenvalue weighted by molar-refractivity contribution is 5.80. The molecule has 2 rings (SSSR count). The average molecular weight is 225 g/mol. The molecule has 3 N–H and O–H groups in total. The molecule has 1 atom stereocenters. The number of likely N-dealkylation sites (N-methyl/N-ethyl adjacent to an activating group) is 1. The summed E-state index contributed by atoms with van der Waals surface area (Å²) in [6.45, 7) is 0.889. The second-order valence-electron chi connectivity index (χ2n) is 5.42. The van der Waals surface area contributed by atoms with Gasteiger partial charge in [0.25, 0.3) is 0 Å². The lowest BCUT2D eigenvalue weighted by Crippen LogP contribution is -2.40. The molecular weight excluding hydrogens is 202 g/mol. The molecule has 1 fully saturated rings. The van der Waals surface area contributed by atoms with Gasteiger partial charge in [0.1, 0.15) is 5.54 Å². The molecule has 1 heterocycles. The number of rotatable bonds is 3. The van der Waals surface area contributed by atoms with E-state index in [-0.39, 0.29) is 12.1 Å². The summed E-state index contributed by atoms with van der Waals surface area (Å²) in [6, 6.07) is 0. The van der Waals surface area contributed by atoms with Gasteiger partial charge in [0.05, 0.1) is 6.61 Å². The molecule has 0 bridgehead atoms. The topological polar surface area (TPSA) is 61.8 Å². The molecule has 0 radical (unpaired) electrons. The maximum absolute atomic E-state index is 9.59. The monoisotopic (exact) mass is 225 g/mol. The molecule has 0 aromatic carbocycles. The van der Waals surface area contributed by atoms with Crippen LogP contribution in [0.5, 0.6) is 0 Å². The van der Waals surface area contributed by atoms with E-state index in [1.807, 2.05) is 11.9 Å². The van der Waals surface area contributed by atoms with E-state index in [9.17, 15) is 5.11 Å². The molecule has 0 saturated heterocycles. The summed E-state index contributed by atoms with van der Waals surface area (Å²) in [6.07, 6.45) is 7.62. The second kappa shape index (κ2) is 4.62. The number of guanidine groups is 1. The van der Waals surface area contributed by atoms with E-state index in [0.29, 0.717) is 5.96 Å². The highest BCUT2D eigenvalue weighted by Gasteiger charge is 2.38. The largest absolute Gasteiger partial charge is 0.394 e. The summed E-state index contributed by atoms with van der Waals surface area (Å²) < 4.78 is 0. The zero-order valence-electron chi connectivity index (χ0n) is 10.2. The van der Waals surface area contributed by atoms with Crippen molar-refractivity contribution in [2.24, 2.45) is 16.6 Å². The average Bonchev–Trinajstić information content (AvgIpc) is 2.56. The van der Waals surface area contributed by atoms with E-state index in [4.69, 9.17) is 5.73 Å². The Kier molecular flexibility index (Phi) is 3.38. The predicted molar refractivity (Wildman–Crippen MR) is 65.3 cm³/mol. The SMILES string of the molecule is CN1CC(CO)(CC2CCCCC2)N=C1N. The van der Waals surface area contributed by atoms with E-state index in [2.05, 4.69) is 4.99 Å². The van der Waals surface area contributed by atoms with Crippen LogP contribution in [0.3, 0.4) is 0 Å². The van der Waals surface area contributed by atoms with Crippen molar-refractivity contribution in [3.63, 3.8) is 0 Å². The van der Waals surface area contributed by atoms with Crippen molar-refractivity contribution >= 4 is 5.96 Å². The molecule has 0 spiro atoms. The smallest absolute Gasteiger partial charge is 0.191 e. The summed E-state index contributed by atoms with van der Waals surface area (Å²) in [5.74, 6) is 1.30. The molecule has 1 saturated carbocycles. The van der Waals surface area contributed by atoms with Crippen LogP contribution in [0.1, 0.15) is 38.5 Å². The predicted octanol–water partition coefficient (Wildman–Crippen LogP) is 0.948. The summed E-state index contributed by atoms with van der Waals surface area (Å²) in [5.41, 5.74) is 5.48. The minimum atomic E-state index is -0.319. The number of nitrogens with zero attached hydrogens (tertiary/aromatic N) is 2. The van der Waals surface area contributed by atoms with Gasteiger partial charge in [-0.3, -0.25) is 0 Å². The Morgan fingerprint density at radius 2 is 2.12 bits per heavy atom. The number of hydrogen-bond acceptors (Lipinski definition) is 4. The third-order valence-corrected chi connectivity index (χ3v) is 3.96. The van der Waals surface area contributed by atoms with Crippen LogP contribution in [0, 0.1) is 5.92 Å². The van der Waals surface area contributed by atoms with Gasteiger partial charge in [-0.25, -0.2) is 4.99 Å². The zero-order chi connectivity index (χ0) is 11.6. The number of aliphatic hydroxyl groups excluding tert-OH is 1. The Morgan fingerprint density at radius 1 is 1.44 bits per heavy atom. The number of nitrogens with two attached hydrogens (primary N) is 1. The van der Waals surface area contributed by atoms with Crippen LogP contribution in [-0.2, 0) is 0 Å². The lowest BCUT2D eigenvalue weighted by molar-refractivity contribution is 0.152.